The number of carboxylic acid groups (broad SMARTS) is 1. The Balaban J connectivity index is 1.55. The summed E-state index contributed by atoms with van der Waals surface area (Å²) in [6, 6.07) is -2.53. The molecule has 3 rings (SSSR count). The average Bonchev–Trinajstić information content (AvgIpc) is 0.784. The molecule has 0 aliphatic carbocycles. The van der Waals surface area contributed by atoms with Gasteiger partial charge in [-0.25, -0.2) is 4.79 Å². The summed E-state index contributed by atoms with van der Waals surface area (Å²) >= 11 is 0. The van der Waals surface area contributed by atoms with Crippen LogP contribution in [-0.4, -0.2) is 215 Å². The number of carbonyl (C=O) groups excluding carboxylic acids is 2. The van der Waals surface area contributed by atoms with E-state index in [-0.39, 0.29) is 18.9 Å². The second-order valence-electron chi connectivity index (χ2n) is 27.9. The molecule has 3 aliphatic heterocycles. The zero-order valence-corrected chi connectivity index (χ0v) is 59.2. The number of carbonyl (C=O) groups is 3. The Morgan fingerprint density at radius 2 is 0.969 bits per heavy atom. The number of amides is 2. The molecule has 0 aromatic carbocycles. The van der Waals surface area contributed by atoms with Crippen LogP contribution in [-0.2, 0) is 42.8 Å². The molecule has 3 aliphatic rings. The molecule has 18 atom stereocenters. The second-order valence-corrected chi connectivity index (χ2v) is 27.9. The zero-order valence-electron chi connectivity index (χ0n) is 59.2. The monoisotopic (exact) mass is 1380 g/mol. The molecule has 96 heavy (non-hydrogen) atoms. The van der Waals surface area contributed by atoms with Gasteiger partial charge in [-0.15, -0.1) is 0 Å². The molecule has 14 N–H and O–H groups in total. The number of ether oxygens (including phenoxy) is 6. The molecule has 2 amide bonds. The fraction of sp³-hybridized carbons (Fsp3) is 0.932. The van der Waals surface area contributed by atoms with Crippen molar-refractivity contribution in [3.05, 3.63) is 12.2 Å². The summed E-state index contributed by atoms with van der Waals surface area (Å²) < 4.78 is 34.9. The molecular weight excluding hydrogens is 1240 g/mol. The molecule has 0 spiro atoms. The Hall–Kier alpha value is -2.53. The summed E-state index contributed by atoms with van der Waals surface area (Å²) in [5, 5.41) is 136. The molecule has 0 aromatic heterocycles. The number of allylic oxidation sites excluding steroid dienone is 2. The third-order valence-corrected chi connectivity index (χ3v) is 19.5. The fourth-order valence-corrected chi connectivity index (χ4v) is 13.4. The highest BCUT2D eigenvalue weighted by Gasteiger charge is 2.60. The van der Waals surface area contributed by atoms with Crippen molar-refractivity contribution in [3.63, 3.8) is 0 Å². The van der Waals surface area contributed by atoms with Gasteiger partial charge in [0, 0.05) is 19.8 Å². The van der Waals surface area contributed by atoms with Crippen LogP contribution in [0.2, 0.25) is 0 Å². The standard InChI is InChI=1S/C73H136N2O21/c1-4-6-8-10-12-14-16-18-20-22-24-26-28-30-32-34-36-38-40-42-44-46-55(80)54(75-60(83)47-45-43-41-39-37-35-33-31-29-27-25-23-21-19-17-15-13-11-9-7-5-2)52-91-70-65(87)64(86)67(59(51-78)93-70)94-71-66(88)69(63(85)58(50-77)92-71)96-73(72(89)90)48-56(81)61(74-53(3)79)68(95-73)62(84)57(82)49-76/h27,29,54-59,61-71,76-78,80-82,84-88H,4-26,28,30-52H2,1-3H3,(H,74,79)(H,75,83)(H,89,90)/b29-27-. The third kappa shape index (κ3) is 34.4. The van der Waals surface area contributed by atoms with Crippen LogP contribution in [0.4, 0.5) is 0 Å². The second kappa shape index (κ2) is 53.3. The van der Waals surface area contributed by atoms with Gasteiger partial charge in [-0.3, -0.25) is 9.59 Å². The van der Waals surface area contributed by atoms with Crippen molar-refractivity contribution in [2.45, 2.75) is 407 Å². The Labute approximate surface area is 575 Å². The maximum Gasteiger partial charge on any atom is 0.364 e. The minimum Gasteiger partial charge on any atom is -0.477 e. The van der Waals surface area contributed by atoms with Gasteiger partial charge in [-0.2, -0.15) is 0 Å². The number of unbranched alkanes of at least 4 members (excludes halogenated alkanes) is 37. The number of aliphatic hydroxyl groups excluding tert-OH is 11. The van der Waals surface area contributed by atoms with Gasteiger partial charge in [0.25, 0.3) is 5.79 Å². The van der Waals surface area contributed by atoms with E-state index >= 15 is 0 Å². The molecule has 18 unspecified atom stereocenters. The highest BCUT2D eigenvalue weighted by atomic mass is 16.8. The van der Waals surface area contributed by atoms with Gasteiger partial charge >= 0.3 is 5.97 Å². The molecule has 23 nitrogen and oxygen atoms in total. The lowest BCUT2D eigenvalue weighted by atomic mass is 9.88. The Morgan fingerprint density at radius 3 is 1.41 bits per heavy atom. The summed E-state index contributed by atoms with van der Waals surface area (Å²) in [4.78, 5) is 38.6. The summed E-state index contributed by atoms with van der Waals surface area (Å²) in [7, 11) is 0. The lowest BCUT2D eigenvalue weighted by Crippen LogP contribution is -2.70. The van der Waals surface area contributed by atoms with Crippen molar-refractivity contribution in [1.29, 1.82) is 0 Å². The molecule has 3 saturated heterocycles. The van der Waals surface area contributed by atoms with Gasteiger partial charge in [0.2, 0.25) is 11.8 Å². The lowest BCUT2D eigenvalue weighted by molar-refractivity contribution is -0.386. The highest BCUT2D eigenvalue weighted by molar-refractivity contribution is 5.77. The third-order valence-electron chi connectivity index (χ3n) is 19.5. The van der Waals surface area contributed by atoms with Crippen LogP contribution in [0.25, 0.3) is 0 Å². The largest absolute Gasteiger partial charge is 0.477 e. The first-order chi connectivity index (χ1) is 46.4. The summed E-state index contributed by atoms with van der Waals surface area (Å²) in [5.74, 6) is -6.10. The van der Waals surface area contributed by atoms with Crippen LogP contribution in [0, 0.1) is 0 Å². The Morgan fingerprint density at radius 1 is 0.531 bits per heavy atom. The number of aliphatic carboxylic acids is 1. The smallest absolute Gasteiger partial charge is 0.364 e. The van der Waals surface area contributed by atoms with Gasteiger partial charge in [-0.1, -0.05) is 251 Å². The quantitative estimate of drug-likeness (QED) is 0.0200. The predicted molar refractivity (Wildman–Crippen MR) is 366 cm³/mol. The minimum absolute atomic E-state index is 0.220. The van der Waals surface area contributed by atoms with E-state index in [1.54, 1.807) is 0 Å². The van der Waals surface area contributed by atoms with Crippen molar-refractivity contribution in [3.8, 4) is 0 Å². The summed E-state index contributed by atoms with van der Waals surface area (Å²) in [6.45, 7) is 2.24. The molecule has 564 valence electrons. The van der Waals surface area contributed by atoms with Crippen LogP contribution in [0.15, 0.2) is 12.2 Å². The van der Waals surface area contributed by atoms with Gasteiger partial charge in [0.05, 0.1) is 50.7 Å². The molecule has 0 saturated carbocycles. The maximum atomic E-state index is 13.5. The molecule has 3 fully saturated rings. The van der Waals surface area contributed by atoms with E-state index in [1.165, 1.54) is 167 Å². The summed E-state index contributed by atoms with van der Waals surface area (Å²) in [6.07, 6.45) is 24.8. The van der Waals surface area contributed by atoms with Crippen molar-refractivity contribution in [1.82, 2.24) is 10.6 Å². The van der Waals surface area contributed by atoms with E-state index in [2.05, 4.69) is 36.6 Å². The molecule has 0 aromatic rings. The molecule has 23 heteroatoms. The van der Waals surface area contributed by atoms with Crippen LogP contribution in [0.5, 0.6) is 0 Å². The topological polar surface area (TPSA) is 373 Å². The first-order valence-corrected chi connectivity index (χ1v) is 38.0. The molecular formula is C73H136N2O21. The van der Waals surface area contributed by atoms with Crippen LogP contribution >= 0.6 is 0 Å². The van der Waals surface area contributed by atoms with E-state index in [0.29, 0.717) is 19.3 Å². The number of nitrogens with one attached hydrogen (secondary N) is 2. The molecule has 0 bridgehead atoms. The van der Waals surface area contributed by atoms with Crippen molar-refractivity contribution in [2.75, 3.05) is 26.4 Å². The predicted octanol–water partition coefficient (Wildman–Crippen LogP) is 8.63. The highest BCUT2D eigenvalue weighted by Crippen LogP contribution is 2.39. The Kier molecular flexibility index (Phi) is 48.7. The molecule has 3 heterocycles. The van der Waals surface area contributed by atoms with Crippen LogP contribution in [0.3, 0.4) is 0 Å². The number of rotatable bonds is 59. The van der Waals surface area contributed by atoms with E-state index in [1.807, 2.05) is 0 Å². The van der Waals surface area contributed by atoms with Gasteiger partial charge in [0.15, 0.2) is 12.6 Å². The van der Waals surface area contributed by atoms with Gasteiger partial charge < -0.3 is 100 Å². The van der Waals surface area contributed by atoms with E-state index in [9.17, 15) is 75.7 Å². The van der Waals surface area contributed by atoms with Gasteiger partial charge in [-0.05, 0) is 38.5 Å². The van der Waals surface area contributed by atoms with Gasteiger partial charge in [0.1, 0.15) is 67.1 Å². The van der Waals surface area contributed by atoms with Crippen LogP contribution < -0.4 is 10.6 Å². The van der Waals surface area contributed by atoms with E-state index in [0.717, 1.165) is 84.0 Å². The fourth-order valence-electron chi connectivity index (χ4n) is 13.4. The van der Waals surface area contributed by atoms with Crippen molar-refractivity contribution in [2.24, 2.45) is 0 Å². The minimum atomic E-state index is -3.08. The normalized spacial score (nSPS) is 27.6. The van der Waals surface area contributed by atoms with Crippen molar-refractivity contribution >= 4 is 17.8 Å². The van der Waals surface area contributed by atoms with E-state index in [4.69, 9.17) is 28.4 Å². The molecule has 0 radical (unpaired) electrons. The number of aliphatic hydroxyl groups is 11. The number of carboxylic acids is 1. The van der Waals surface area contributed by atoms with Crippen LogP contribution in [0.1, 0.15) is 297 Å². The zero-order chi connectivity index (χ0) is 70.4. The lowest BCUT2D eigenvalue weighted by Gasteiger charge is -2.50. The Bertz CT molecular complexity index is 1980. The average molecular weight is 1380 g/mol. The number of hydrogen-bond acceptors (Lipinski definition) is 20. The SMILES string of the molecule is CCCCCCCCCCCC/C=C\CCCCCCCCCC(=O)NC(COC1OC(CO)C(OC2OC(CO)C(O)C(OC3(C(=O)O)CC(O)C(NC(C)=O)C(C(O)C(O)CO)O3)C2O)C(O)C1O)C(O)CCCCCCCCCCCCCCCCCCCCCCC. The maximum absolute atomic E-state index is 13.5. The van der Waals surface area contributed by atoms with Crippen molar-refractivity contribution < 1.29 is 104 Å². The first-order valence-electron chi connectivity index (χ1n) is 38.0. The van der Waals surface area contributed by atoms with E-state index < -0.39 is 148 Å². The first kappa shape index (κ1) is 87.7. The summed E-state index contributed by atoms with van der Waals surface area (Å²) in [5.41, 5.74) is 0. The number of hydrogen-bond donors (Lipinski definition) is 14.